The number of aryl methyl sites for hydroxylation is 2. The third-order valence-corrected chi connectivity index (χ3v) is 4.71. The van der Waals surface area contributed by atoms with Crippen molar-refractivity contribution in [2.24, 2.45) is 5.92 Å². The third-order valence-electron chi connectivity index (χ3n) is 4.34. The Bertz CT molecular complexity index is 496. The first kappa shape index (κ1) is 16.3. The molecule has 1 aromatic rings. The van der Waals surface area contributed by atoms with Crippen LogP contribution in [0.3, 0.4) is 0 Å². The molecule has 1 aliphatic rings. The quantitative estimate of drug-likeness (QED) is 0.847. The molecule has 2 N–H and O–H groups in total. The topological polar surface area (TPSA) is 67.2 Å². The second kappa shape index (κ2) is 6.36. The minimum atomic E-state index is -0.792. The molecule has 6 heteroatoms. The Labute approximate surface area is 130 Å². The number of aromatic nitrogens is 2. The Morgan fingerprint density at radius 1 is 1.67 bits per heavy atom. The van der Waals surface area contributed by atoms with E-state index in [1.54, 1.807) is 0 Å². The summed E-state index contributed by atoms with van der Waals surface area (Å²) in [5.41, 5.74) is 0.0214. The number of rotatable bonds is 6. The van der Waals surface area contributed by atoms with E-state index in [-0.39, 0.29) is 12.0 Å². The van der Waals surface area contributed by atoms with Gasteiger partial charge >= 0.3 is 5.97 Å². The Morgan fingerprint density at radius 2 is 2.38 bits per heavy atom. The molecule has 1 aromatic heterocycles. The fourth-order valence-electron chi connectivity index (χ4n) is 3.41. The van der Waals surface area contributed by atoms with Crippen LogP contribution in [0.2, 0.25) is 5.02 Å². The van der Waals surface area contributed by atoms with Gasteiger partial charge in [-0.25, -0.2) is 0 Å². The van der Waals surface area contributed by atoms with Gasteiger partial charge in [-0.2, -0.15) is 5.10 Å². The molecule has 1 fully saturated rings. The number of hydrogen-bond acceptors (Lipinski definition) is 3. The molecule has 2 atom stereocenters. The fourth-order valence-corrected chi connectivity index (χ4v) is 3.56. The zero-order valence-electron chi connectivity index (χ0n) is 12.9. The molecule has 1 saturated carbocycles. The van der Waals surface area contributed by atoms with Crippen molar-refractivity contribution < 1.29 is 9.90 Å². The maximum absolute atomic E-state index is 11.8. The second-order valence-electron chi connectivity index (χ2n) is 6.28. The van der Waals surface area contributed by atoms with Gasteiger partial charge in [-0.3, -0.25) is 14.8 Å². The lowest BCUT2D eigenvalue weighted by Gasteiger charge is -2.34. The molecular weight excluding hydrogens is 290 g/mol. The standard InChI is InChI=1S/C15H24ClN3O2/c1-10(2)17-15(14(20)21)7-4-5-12(15)6-8-19-9-13(16)11(3)18-19/h9-10,12,17H,4-8H2,1-3H3,(H,20,21). The number of nitrogens with one attached hydrogen (secondary N) is 1. The van der Waals surface area contributed by atoms with Crippen LogP contribution < -0.4 is 5.32 Å². The molecule has 5 nitrogen and oxygen atoms in total. The summed E-state index contributed by atoms with van der Waals surface area (Å²) in [5, 5.41) is 18.0. The van der Waals surface area contributed by atoms with Crippen LogP contribution in [0, 0.1) is 12.8 Å². The molecule has 118 valence electrons. The summed E-state index contributed by atoms with van der Waals surface area (Å²) in [6, 6.07) is 0.156. The molecule has 0 aromatic carbocycles. The average Bonchev–Trinajstić information content (AvgIpc) is 2.92. The minimum absolute atomic E-state index is 0.126. The zero-order chi connectivity index (χ0) is 15.6. The summed E-state index contributed by atoms with van der Waals surface area (Å²) in [5.74, 6) is -0.603. The van der Waals surface area contributed by atoms with Crippen molar-refractivity contribution in [3.8, 4) is 0 Å². The van der Waals surface area contributed by atoms with Crippen molar-refractivity contribution in [1.82, 2.24) is 15.1 Å². The first-order valence-electron chi connectivity index (χ1n) is 7.56. The SMILES string of the molecule is Cc1nn(CCC2CCCC2(NC(C)C)C(=O)O)cc1Cl. The smallest absolute Gasteiger partial charge is 0.324 e. The van der Waals surface area contributed by atoms with E-state index in [1.165, 1.54) is 0 Å². The summed E-state index contributed by atoms with van der Waals surface area (Å²) in [7, 11) is 0. The van der Waals surface area contributed by atoms with Crippen LogP contribution in [0.1, 0.15) is 45.2 Å². The van der Waals surface area contributed by atoms with Crippen LogP contribution in [0.15, 0.2) is 6.20 Å². The van der Waals surface area contributed by atoms with Gasteiger partial charge in [0.15, 0.2) is 0 Å². The van der Waals surface area contributed by atoms with Gasteiger partial charge in [0.25, 0.3) is 0 Å². The summed E-state index contributed by atoms with van der Waals surface area (Å²) in [6.45, 7) is 6.57. The molecule has 2 rings (SSSR count). The lowest BCUT2D eigenvalue weighted by Crippen LogP contribution is -2.57. The van der Waals surface area contributed by atoms with E-state index in [0.717, 1.165) is 25.0 Å². The van der Waals surface area contributed by atoms with Crippen LogP contribution in [-0.2, 0) is 11.3 Å². The molecule has 1 aliphatic carbocycles. The highest BCUT2D eigenvalue weighted by molar-refractivity contribution is 6.31. The monoisotopic (exact) mass is 313 g/mol. The van der Waals surface area contributed by atoms with E-state index in [9.17, 15) is 9.90 Å². The fraction of sp³-hybridized carbons (Fsp3) is 0.733. The summed E-state index contributed by atoms with van der Waals surface area (Å²) in [4.78, 5) is 11.8. The van der Waals surface area contributed by atoms with E-state index in [4.69, 9.17) is 11.6 Å². The third kappa shape index (κ3) is 3.40. The van der Waals surface area contributed by atoms with E-state index >= 15 is 0 Å². The molecule has 2 unspecified atom stereocenters. The Hall–Kier alpha value is -1.07. The van der Waals surface area contributed by atoms with Gasteiger partial charge in [0.2, 0.25) is 0 Å². The van der Waals surface area contributed by atoms with Crippen molar-refractivity contribution in [2.75, 3.05) is 0 Å². The van der Waals surface area contributed by atoms with Crippen LogP contribution >= 0.6 is 11.6 Å². The van der Waals surface area contributed by atoms with Gasteiger partial charge in [-0.1, -0.05) is 18.0 Å². The van der Waals surface area contributed by atoms with Crippen molar-refractivity contribution in [2.45, 2.75) is 64.6 Å². The molecule has 0 amide bonds. The number of aliphatic carboxylic acids is 1. The van der Waals surface area contributed by atoms with Gasteiger partial charge in [-0.15, -0.1) is 0 Å². The Kier molecular flexibility index (Phi) is 4.94. The van der Waals surface area contributed by atoms with E-state index < -0.39 is 11.5 Å². The molecule has 0 bridgehead atoms. The van der Waals surface area contributed by atoms with Crippen molar-refractivity contribution >= 4 is 17.6 Å². The van der Waals surface area contributed by atoms with Crippen molar-refractivity contribution in [3.63, 3.8) is 0 Å². The highest BCUT2D eigenvalue weighted by atomic mass is 35.5. The molecule has 0 saturated heterocycles. The average molecular weight is 314 g/mol. The predicted octanol–water partition coefficient (Wildman–Crippen LogP) is 2.86. The van der Waals surface area contributed by atoms with Crippen molar-refractivity contribution in [1.29, 1.82) is 0 Å². The minimum Gasteiger partial charge on any atom is -0.480 e. The molecule has 21 heavy (non-hydrogen) atoms. The van der Waals surface area contributed by atoms with Gasteiger partial charge in [0.1, 0.15) is 5.54 Å². The highest BCUT2D eigenvalue weighted by Crippen LogP contribution is 2.39. The number of carboxylic acid groups (broad SMARTS) is 1. The molecular formula is C15H24ClN3O2. The Balaban J connectivity index is 2.08. The number of hydrogen-bond donors (Lipinski definition) is 2. The number of carboxylic acids is 1. The predicted molar refractivity (Wildman–Crippen MR) is 82.6 cm³/mol. The number of nitrogens with zero attached hydrogens (tertiary/aromatic N) is 2. The first-order valence-corrected chi connectivity index (χ1v) is 7.93. The number of carbonyl (C=O) groups is 1. The molecule has 0 aliphatic heterocycles. The van der Waals surface area contributed by atoms with Crippen molar-refractivity contribution in [3.05, 3.63) is 16.9 Å². The summed E-state index contributed by atoms with van der Waals surface area (Å²) >= 11 is 6.01. The summed E-state index contributed by atoms with van der Waals surface area (Å²) in [6.07, 6.45) is 5.20. The van der Waals surface area contributed by atoms with Gasteiger partial charge in [-0.05, 0) is 46.0 Å². The lowest BCUT2D eigenvalue weighted by atomic mass is 9.84. The van der Waals surface area contributed by atoms with Gasteiger partial charge in [0.05, 0.1) is 10.7 Å². The largest absolute Gasteiger partial charge is 0.480 e. The van der Waals surface area contributed by atoms with E-state index in [1.807, 2.05) is 31.6 Å². The maximum atomic E-state index is 11.8. The normalized spacial score (nSPS) is 25.7. The van der Waals surface area contributed by atoms with Gasteiger partial charge < -0.3 is 5.11 Å². The van der Waals surface area contributed by atoms with Crippen LogP contribution in [-0.4, -0.2) is 32.4 Å². The number of halogens is 1. The van der Waals surface area contributed by atoms with Crippen LogP contribution in [0.5, 0.6) is 0 Å². The molecule has 0 radical (unpaired) electrons. The lowest BCUT2D eigenvalue weighted by molar-refractivity contribution is -0.147. The zero-order valence-corrected chi connectivity index (χ0v) is 13.7. The van der Waals surface area contributed by atoms with Crippen LogP contribution in [0.4, 0.5) is 0 Å². The molecule has 1 heterocycles. The van der Waals surface area contributed by atoms with Crippen LogP contribution in [0.25, 0.3) is 0 Å². The molecule has 0 spiro atoms. The van der Waals surface area contributed by atoms with E-state index in [2.05, 4.69) is 10.4 Å². The maximum Gasteiger partial charge on any atom is 0.324 e. The second-order valence-corrected chi connectivity index (χ2v) is 6.69. The Morgan fingerprint density at radius 3 is 2.90 bits per heavy atom. The van der Waals surface area contributed by atoms with E-state index in [0.29, 0.717) is 18.0 Å². The van der Waals surface area contributed by atoms with Gasteiger partial charge in [0, 0.05) is 18.8 Å². The first-order chi connectivity index (χ1) is 9.85. The highest BCUT2D eigenvalue weighted by Gasteiger charge is 2.48. The summed E-state index contributed by atoms with van der Waals surface area (Å²) < 4.78 is 1.82.